The summed E-state index contributed by atoms with van der Waals surface area (Å²) in [6.45, 7) is 5.63. The van der Waals surface area contributed by atoms with Gasteiger partial charge in [-0.15, -0.1) is 0 Å². The van der Waals surface area contributed by atoms with Crippen molar-refractivity contribution in [3.63, 3.8) is 0 Å². The highest BCUT2D eigenvalue weighted by atomic mass is 16.5. The van der Waals surface area contributed by atoms with Crippen LogP contribution in [0.25, 0.3) is 0 Å². The number of aliphatic carboxylic acids is 1. The predicted molar refractivity (Wildman–Crippen MR) is 75.5 cm³/mol. The van der Waals surface area contributed by atoms with Gasteiger partial charge in [-0.3, -0.25) is 4.79 Å². The van der Waals surface area contributed by atoms with Gasteiger partial charge >= 0.3 is 12.0 Å². The van der Waals surface area contributed by atoms with Gasteiger partial charge in [0.25, 0.3) is 0 Å². The third-order valence-electron chi connectivity index (χ3n) is 3.56. The molecule has 0 bridgehead atoms. The van der Waals surface area contributed by atoms with Gasteiger partial charge in [-0.1, -0.05) is 13.8 Å². The van der Waals surface area contributed by atoms with Crippen molar-refractivity contribution in [1.29, 1.82) is 0 Å². The van der Waals surface area contributed by atoms with Crippen LogP contribution in [0.2, 0.25) is 0 Å². The Morgan fingerprint density at radius 3 is 2.55 bits per heavy atom. The first-order chi connectivity index (χ1) is 9.41. The second-order valence-corrected chi connectivity index (χ2v) is 5.81. The number of nitrogens with zero attached hydrogens (tertiary/aromatic N) is 1. The molecule has 0 radical (unpaired) electrons. The van der Waals surface area contributed by atoms with Gasteiger partial charge in [0.2, 0.25) is 0 Å². The number of hydrogen-bond acceptors (Lipinski definition) is 3. The Balaban J connectivity index is 2.17. The summed E-state index contributed by atoms with van der Waals surface area (Å²) < 4.78 is 5.46. The smallest absolute Gasteiger partial charge is 0.317 e. The Morgan fingerprint density at radius 1 is 1.40 bits per heavy atom. The number of likely N-dealkylation sites (N-methyl/N-ethyl adjacent to an activating group) is 1. The fourth-order valence-electron chi connectivity index (χ4n) is 1.78. The quantitative estimate of drug-likeness (QED) is 0.628. The summed E-state index contributed by atoms with van der Waals surface area (Å²) >= 11 is 0. The van der Waals surface area contributed by atoms with E-state index in [9.17, 15) is 9.59 Å². The van der Waals surface area contributed by atoms with E-state index in [0.717, 1.165) is 12.5 Å². The summed E-state index contributed by atoms with van der Waals surface area (Å²) in [4.78, 5) is 24.3. The fraction of sp³-hybridized carbons (Fsp3) is 0.857. The monoisotopic (exact) mass is 286 g/mol. The van der Waals surface area contributed by atoms with Crippen LogP contribution in [0.5, 0.6) is 0 Å². The number of amides is 2. The minimum Gasteiger partial charge on any atom is -0.481 e. The lowest BCUT2D eigenvalue weighted by Gasteiger charge is -2.21. The maximum absolute atomic E-state index is 11.8. The second kappa shape index (κ2) is 8.09. The molecule has 1 fully saturated rings. The predicted octanol–water partition coefficient (Wildman–Crippen LogP) is 1.41. The summed E-state index contributed by atoms with van der Waals surface area (Å²) in [5.41, 5.74) is 0. The number of hydrogen-bond donors (Lipinski definition) is 2. The number of carbonyl (C=O) groups is 2. The van der Waals surface area contributed by atoms with E-state index in [1.54, 1.807) is 7.05 Å². The molecule has 0 spiro atoms. The van der Waals surface area contributed by atoms with E-state index >= 15 is 0 Å². The van der Waals surface area contributed by atoms with Crippen LogP contribution in [0.4, 0.5) is 4.79 Å². The van der Waals surface area contributed by atoms with Gasteiger partial charge in [0.1, 0.15) is 0 Å². The van der Waals surface area contributed by atoms with Gasteiger partial charge in [-0.25, -0.2) is 4.79 Å². The van der Waals surface area contributed by atoms with Crippen molar-refractivity contribution in [3.8, 4) is 0 Å². The number of urea groups is 1. The molecule has 1 unspecified atom stereocenters. The number of rotatable bonds is 9. The Kier molecular flexibility index (Phi) is 6.78. The lowest BCUT2D eigenvalue weighted by Crippen LogP contribution is -2.43. The molecule has 0 heterocycles. The van der Waals surface area contributed by atoms with E-state index in [4.69, 9.17) is 9.84 Å². The van der Waals surface area contributed by atoms with Crippen molar-refractivity contribution < 1.29 is 19.4 Å². The van der Waals surface area contributed by atoms with Crippen LogP contribution in [0, 0.1) is 17.8 Å². The minimum absolute atomic E-state index is 0.0139. The summed E-state index contributed by atoms with van der Waals surface area (Å²) in [6.07, 6.45) is 2.50. The zero-order chi connectivity index (χ0) is 15.1. The Labute approximate surface area is 120 Å². The van der Waals surface area contributed by atoms with Crippen molar-refractivity contribution in [2.24, 2.45) is 17.8 Å². The average molecular weight is 286 g/mol. The highest BCUT2D eigenvalue weighted by molar-refractivity contribution is 5.75. The van der Waals surface area contributed by atoms with E-state index in [-0.39, 0.29) is 18.5 Å². The molecule has 0 saturated heterocycles. The van der Waals surface area contributed by atoms with E-state index in [1.165, 1.54) is 17.7 Å². The third kappa shape index (κ3) is 6.23. The number of carboxylic acid groups (broad SMARTS) is 1. The highest BCUT2D eigenvalue weighted by Crippen LogP contribution is 2.28. The van der Waals surface area contributed by atoms with E-state index in [1.807, 2.05) is 13.8 Å². The van der Waals surface area contributed by atoms with Gasteiger partial charge in [-0.2, -0.15) is 0 Å². The Bertz CT molecular complexity index is 329. The summed E-state index contributed by atoms with van der Waals surface area (Å²) in [7, 11) is 1.68. The molecule has 1 aliphatic rings. The Morgan fingerprint density at radius 2 is 2.05 bits per heavy atom. The van der Waals surface area contributed by atoms with Gasteiger partial charge in [0.05, 0.1) is 12.5 Å². The molecule has 1 rings (SSSR count). The molecule has 1 atom stereocenters. The first kappa shape index (κ1) is 16.8. The van der Waals surface area contributed by atoms with Gasteiger partial charge in [0.15, 0.2) is 0 Å². The molecule has 0 aromatic rings. The summed E-state index contributed by atoms with van der Waals surface area (Å²) in [6, 6.07) is -0.257. The van der Waals surface area contributed by atoms with Gasteiger partial charge in [0, 0.05) is 26.7 Å². The molecule has 20 heavy (non-hydrogen) atoms. The molecule has 0 aliphatic heterocycles. The standard InChI is InChI=1S/C14H26N2O4/c1-10(2)12(13(17)18)8-15-14(19)16(3)6-7-20-9-11-4-5-11/h10-12H,4-9H2,1-3H3,(H,15,19)(H,17,18). The minimum atomic E-state index is -0.879. The van der Waals surface area contributed by atoms with Crippen molar-refractivity contribution >= 4 is 12.0 Å². The SMILES string of the molecule is CC(C)C(CNC(=O)N(C)CCOCC1CC1)C(=O)O. The van der Waals surface area contributed by atoms with Crippen molar-refractivity contribution in [1.82, 2.24) is 10.2 Å². The maximum Gasteiger partial charge on any atom is 0.317 e. The average Bonchev–Trinajstić information content (AvgIpc) is 3.17. The summed E-state index contributed by atoms with van der Waals surface area (Å²) in [5, 5.41) is 11.7. The molecule has 0 aromatic carbocycles. The molecule has 1 saturated carbocycles. The zero-order valence-electron chi connectivity index (χ0n) is 12.6. The lowest BCUT2D eigenvalue weighted by molar-refractivity contribution is -0.142. The first-order valence-corrected chi connectivity index (χ1v) is 7.21. The number of carbonyl (C=O) groups excluding carboxylic acids is 1. The van der Waals surface area contributed by atoms with Gasteiger partial charge < -0.3 is 20.1 Å². The maximum atomic E-state index is 11.8. The molecular formula is C14H26N2O4. The van der Waals surface area contributed by atoms with Crippen LogP contribution in [0.1, 0.15) is 26.7 Å². The number of ether oxygens (including phenoxy) is 1. The van der Waals surface area contributed by atoms with Crippen molar-refractivity contribution in [2.75, 3.05) is 33.4 Å². The molecule has 1 aliphatic carbocycles. The fourth-order valence-corrected chi connectivity index (χ4v) is 1.78. The first-order valence-electron chi connectivity index (χ1n) is 7.21. The van der Waals surface area contributed by atoms with E-state index in [2.05, 4.69) is 5.32 Å². The van der Waals surface area contributed by atoms with Crippen LogP contribution in [0.15, 0.2) is 0 Å². The van der Waals surface area contributed by atoms with Crippen LogP contribution < -0.4 is 5.32 Å². The molecule has 6 heteroatoms. The van der Waals surface area contributed by atoms with Crippen LogP contribution in [-0.2, 0) is 9.53 Å². The van der Waals surface area contributed by atoms with E-state index in [0.29, 0.717) is 13.2 Å². The third-order valence-corrected chi connectivity index (χ3v) is 3.56. The van der Waals surface area contributed by atoms with Crippen molar-refractivity contribution in [3.05, 3.63) is 0 Å². The second-order valence-electron chi connectivity index (χ2n) is 5.81. The largest absolute Gasteiger partial charge is 0.481 e. The number of nitrogens with one attached hydrogen (secondary N) is 1. The van der Waals surface area contributed by atoms with Crippen LogP contribution in [0.3, 0.4) is 0 Å². The molecule has 0 aromatic heterocycles. The zero-order valence-corrected chi connectivity index (χ0v) is 12.6. The molecule has 2 amide bonds. The topological polar surface area (TPSA) is 78.9 Å². The molecule has 2 N–H and O–H groups in total. The van der Waals surface area contributed by atoms with Crippen molar-refractivity contribution in [2.45, 2.75) is 26.7 Å². The Hall–Kier alpha value is -1.30. The lowest BCUT2D eigenvalue weighted by atomic mass is 9.96. The van der Waals surface area contributed by atoms with Crippen LogP contribution in [-0.4, -0.2) is 55.4 Å². The molecule has 116 valence electrons. The summed E-state index contributed by atoms with van der Waals surface area (Å²) in [5.74, 6) is -0.731. The highest BCUT2D eigenvalue weighted by Gasteiger charge is 2.23. The normalized spacial score (nSPS) is 16.0. The molecule has 6 nitrogen and oxygen atoms in total. The molecular weight excluding hydrogens is 260 g/mol. The van der Waals surface area contributed by atoms with Crippen LogP contribution >= 0.6 is 0 Å². The number of carboxylic acids is 1. The van der Waals surface area contributed by atoms with E-state index < -0.39 is 11.9 Å². The van der Waals surface area contributed by atoms with Gasteiger partial charge in [-0.05, 0) is 24.7 Å².